The number of hydrogen-bond acceptors (Lipinski definition) is 1. The molecule has 21 heavy (non-hydrogen) atoms. The lowest BCUT2D eigenvalue weighted by molar-refractivity contribution is -0.145. The first-order chi connectivity index (χ1) is 9.86. The summed E-state index contributed by atoms with van der Waals surface area (Å²) in [6, 6.07) is 12.0. The van der Waals surface area contributed by atoms with Crippen LogP contribution in [0.15, 0.2) is 42.5 Å². The molecule has 2 nitrogen and oxygen atoms in total. The molecule has 108 valence electrons. The Morgan fingerprint density at radius 1 is 0.905 bits per heavy atom. The summed E-state index contributed by atoms with van der Waals surface area (Å²) >= 11 is 0. The van der Waals surface area contributed by atoms with E-state index in [9.17, 15) is 13.2 Å². The fourth-order valence-corrected chi connectivity index (χ4v) is 2.33. The maximum atomic E-state index is 13.3. The highest BCUT2D eigenvalue weighted by molar-refractivity contribution is 5.79. The highest BCUT2D eigenvalue weighted by atomic mass is 19.4. The van der Waals surface area contributed by atoms with Gasteiger partial charge in [-0.25, -0.2) is 4.98 Å². The van der Waals surface area contributed by atoms with E-state index in [0.29, 0.717) is 16.7 Å². The zero-order valence-electron chi connectivity index (χ0n) is 11.6. The van der Waals surface area contributed by atoms with Gasteiger partial charge in [0.05, 0.1) is 11.0 Å². The smallest absolute Gasteiger partial charge is 0.289 e. The lowest BCUT2D eigenvalue weighted by Crippen LogP contribution is -2.13. The molecule has 0 fully saturated rings. The van der Waals surface area contributed by atoms with E-state index in [2.05, 4.69) is 4.98 Å². The summed E-state index contributed by atoms with van der Waals surface area (Å²) in [6.45, 7) is 3.74. The van der Waals surface area contributed by atoms with Crippen molar-refractivity contribution < 1.29 is 13.2 Å². The number of nitrogens with zero attached hydrogens (tertiary/aromatic N) is 2. The zero-order valence-corrected chi connectivity index (χ0v) is 11.6. The van der Waals surface area contributed by atoms with Gasteiger partial charge in [-0.15, -0.1) is 0 Å². The standard InChI is InChI=1S/C16H13F3N2/c1-10-3-6-12(7-4-10)21-14-9-11(2)5-8-13(14)20-15(21)16(17,18)19/h3-9H,1-2H3. The van der Waals surface area contributed by atoms with Crippen LogP contribution in [0.4, 0.5) is 13.2 Å². The minimum absolute atomic E-state index is 0.341. The van der Waals surface area contributed by atoms with Crippen LogP contribution in [-0.2, 0) is 6.18 Å². The van der Waals surface area contributed by atoms with Crippen LogP contribution in [0.1, 0.15) is 17.0 Å². The van der Waals surface area contributed by atoms with Gasteiger partial charge in [0.15, 0.2) is 0 Å². The summed E-state index contributed by atoms with van der Waals surface area (Å²) in [6.07, 6.45) is -4.50. The molecule has 0 atom stereocenters. The lowest BCUT2D eigenvalue weighted by Gasteiger charge is -2.11. The molecule has 5 heteroatoms. The van der Waals surface area contributed by atoms with Gasteiger partial charge < -0.3 is 0 Å². The van der Waals surface area contributed by atoms with Crippen LogP contribution in [0.5, 0.6) is 0 Å². The second-order valence-electron chi connectivity index (χ2n) is 5.10. The number of aryl methyl sites for hydroxylation is 2. The number of aromatic nitrogens is 2. The number of fused-ring (bicyclic) bond motifs is 1. The van der Waals surface area contributed by atoms with Crippen LogP contribution < -0.4 is 0 Å². The predicted molar refractivity (Wildman–Crippen MR) is 75.5 cm³/mol. The summed E-state index contributed by atoms with van der Waals surface area (Å²) in [5.74, 6) is -0.896. The highest BCUT2D eigenvalue weighted by Crippen LogP contribution is 2.34. The zero-order chi connectivity index (χ0) is 15.2. The molecule has 0 aliphatic rings. The molecule has 0 spiro atoms. The third-order valence-corrected chi connectivity index (χ3v) is 3.36. The van der Waals surface area contributed by atoms with Crippen molar-refractivity contribution in [1.29, 1.82) is 0 Å². The van der Waals surface area contributed by atoms with E-state index in [0.717, 1.165) is 11.1 Å². The minimum atomic E-state index is -4.50. The van der Waals surface area contributed by atoms with Crippen molar-refractivity contribution in [3.05, 3.63) is 59.4 Å². The van der Waals surface area contributed by atoms with Crippen molar-refractivity contribution in [3.63, 3.8) is 0 Å². The number of halogens is 3. The van der Waals surface area contributed by atoms with E-state index in [1.807, 2.05) is 13.8 Å². The monoisotopic (exact) mass is 290 g/mol. The normalized spacial score (nSPS) is 12.0. The lowest BCUT2D eigenvalue weighted by atomic mass is 10.2. The number of imidazole rings is 1. The second-order valence-corrected chi connectivity index (χ2v) is 5.10. The Kier molecular flexibility index (Phi) is 3.01. The quantitative estimate of drug-likeness (QED) is 0.637. The summed E-state index contributed by atoms with van der Waals surface area (Å²) < 4.78 is 41.0. The minimum Gasteiger partial charge on any atom is -0.289 e. The molecule has 0 unspecified atom stereocenters. The highest BCUT2D eigenvalue weighted by Gasteiger charge is 2.38. The van der Waals surface area contributed by atoms with Crippen molar-refractivity contribution >= 4 is 11.0 Å². The number of alkyl halides is 3. The Morgan fingerprint density at radius 2 is 1.52 bits per heavy atom. The van der Waals surface area contributed by atoms with Gasteiger partial charge in [-0.2, -0.15) is 13.2 Å². The van der Waals surface area contributed by atoms with Gasteiger partial charge in [-0.1, -0.05) is 23.8 Å². The van der Waals surface area contributed by atoms with Crippen molar-refractivity contribution in [2.24, 2.45) is 0 Å². The number of rotatable bonds is 1. The van der Waals surface area contributed by atoms with Gasteiger partial charge >= 0.3 is 6.18 Å². The van der Waals surface area contributed by atoms with Gasteiger partial charge in [0.1, 0.15) is 0 Å². The molecule has 0 aliphatic heterocycles. The third-order valence-electron chi connectivity index (χ3n) is 3.36. The predicted octanol–water partition coefficient (Wildman–Crippen LogP) is 4.66. The Hall–Kier alpha value is -2.30. The summed E-state index contributed by atoms with van der Waals surface area (Å²) in [5.41, 5.74) is 3.15. The average Bonchev–Trinajstić information content (AvgIpc) is 2.78. The Morgan fingerprint density at radius 3 is 2.14 bits per heavy atom. The van der Waals surface area contributed by atoms with E-state index in [1.54, 1.807) is 42.5 Å². The first kappa shape index (κ1) is 13.7. The molecule has 0 saturated heterocycles. The van der Waals surface area contributed by atoms with Crippen molar-refractivity contribution in [2.75, 3.05) is 0 Å². The molecule has 3 rings (SSSR count). The maximum absolute atomic E-state index is 13.3. The molecule has 0 amide bonds. The summed E-state index contributed by atoms with van der Waals surface area (Å²) in [5, 5.41) is 0. The third kappa shape index (κ3) is 2.39. The average molecular weight is 290 g/mol. The van der Waals surface area contributed by atoms with Gasteiger partial charge in [-0.3, -0.25) is 4.57 Å². The van der Waals surface area contributed by atoms with Crippen LogP contribution in [0, 0.1) is 13.8 Å². The molecule has 3 aromatic rings. The topological polar surface area (TPSA) is 17.8 Å². The van der Waals surface area contributed by atoms with E-state index in [-0.39, 0.29) is 0 Å². The molecule has 2 aromatic carbocycles. The van der Waals surface area contributed by atoms with Crippen molar-refractivity contribution in [1.82, 2.24) is 9.55 Å². The van der Waals surface area contributed by atoms with Crippen LogP contribution in [0.3, 0.4) is 0 Å². The molecular formula is C16H13F3N2. The molecule has 0 radical (unpaired) electrons. The van der Waals surface area contributed by atoms with Gasteiger partial charge in [0.25, 0.3) is 0 Å². The molecule has 0 aliphatic carbocycles. The molecular weight excluding hydrogens is 277 g/mol. The Labute approximate surface area is 119 Å². The van der Waals surface area contributed by atoms with Gasteiger partial charge in [0.2, 0.25) is 5.82 Å². The van der Waals surface area contributed by atoms with Crippen LogP contribution >= 0.6 is 0 Å². The fourth-order valence-electron chi connectivity index (χ4n) is 2.33. The molecule has 0 saturated carbocycles. The van der Waals surface area contributed by atoms with Crippen LogP contribution in [0.2, 0.25) is 0 Å². The van der Waals surface area contributed by atoms with E-state index < -0.39 is 12.0 Å². The molecule has 1 heterocycles. The van der Waals surface area contributed by atoms with Crippen LogP contribution in [-0.4, -0.2) is 9.55 Å². The van der Waals surface area contributed by atoms with E-state index in [4.69, 9.17) is 0 Å². The second kappa shape index (κ2) is 4.62. The first-order valence-electron chi connectivity index (χ1n) is 6.49. The number of hydrogen-bond donors (Lipinski definition) is 0. The van der Waals surface area contributed by atoms with Gasteiger partial charge in [-0.05, 0) is 43.7 Å². The molecule has 0 N–H and O–H groups in total. The number of benzene rings is 2. The first-order valence-corrected chi connectivity index (χ1v) is 6.49. The van der Waals surface area contributed by atoms with E-state index >= 15 is 0 Å². The Bertz CT molecular complexity index is 799. The van der Waals surface area contributed by atoms with Gasteiger partial charge in [0, 0.05) is 5.69 Å². The maximum Gasteiger partial charge on any atom is 0.450 e. The molecule has 1 aromatic heterocycles. The Balaban J connectivity index is 2.36. The largest absolute Gasteiger partial charge is 0.450 e. The van der Waals surface area contributed by atoms with Crippen molar-refractivity contribution in [2.45, 2.75) is 20.0 Å². The molecule has 0 bridgehead atoms. The SMILES string of the molecule is Cc1ccc(-n2c(C(F)(F)F)nc3ccc(C)cc32)cc1. The summed E-state index contributed by atoms with van der Waals surface area (Å²) in [7, 11) is 0. The van der Waals surface area contributed by atoms with E-state index in [1.165, 1.54) is 4.57 Å². The fraction of sp³-hybridized carbons (Fsp3) is 0.188. The van der Waals surface area contributed by atoms with Crippen LogP contribution in [0.25, 0.3) is 16.7 Å². The summed E-state index contributed by atoms with van der Waals surface area (Å²) in [4.78, 5) is 3.76. The van der Waals surface area contributed by atoms with Crippen molar-refractivity contribution in [3.8, 4) is 5.69 Å².